The number of carbonyl (C=O) groups excluding carboxylic acids is 1. The van der Waals surface area contributed by atoms with Gasteiger partial charge in [0.05, 0.1) is 6.26 Å². The lowest BCUT2D eigenvalue weighted by Crippen LogP contribution is -2.38. The fourth-order valence-electron chi connectivity index (χ4n) is 3.16. The van der Waals surface area contributed by atoms with E-state index in [4.69, 9.17) is 0 Å². The van der Waals surface area contributed by atoms with E-state index >= 15 is 0 Å². The molecule has 0 aliphatic carbocycles. The van der Waals surface area contributed by atoms with Gasteiger partial charge >= 0.3 is 0 Å². The number of aromatic nitrogens is 2. The summed E-state index contributed by atoms with van der Waals surface area (Å²) in [6, 6.07) is 0.188. The molecule has 1 aliphatic rings. The number of piperidine rings is 1. The number of aryl methyl sites for hydroxylation is 1. The summed E-state index contributed by atoms with van der Waals surface area (Å²) in [4.78, 5) is 16.6. The third kappa shape index (κ3) is 3.92. The van der Waals surface area contributed by atoms with Gasteiger partial charge in [-0.05, 0) is 33.1 Å². The Morgan fingerprint density at radius 1 is 1.30 bits per heavy atom. The van der Waals surface area contributed by atoms with E-state index in [0.717, 1.165) is 30.8 Å². The Bertz CT molecular complexity index is 673. The van der Waals surface area contributed by atoms with Crippen molar-refractivity contribution in [2.24, 2.45) is 0 Å². The zero-order valence-corrected chi connectivity index (χ0v) is 15.1. The summed E-state index contributed by atoms with van der Waals surface area (Å²) in [5, 5.41) is 2.86. The Balaban J connectivity index is 2.15. The number of rotatable bonds is 5. The average molecular weight is 342 g/mol. The first-order valence-corrected chi connectivity index (χ1v) is 9.89. The molecule has 1 fully saturated rings. The van der Waals surface area contributed by atoms with Gasteiger partial charge in [-0.15, -0.1) is 0 Å². The fraction of sp³-hybridized carbons (Fsp3) is 0.733. The van der Waals surface area contributed by atoms with E-state index in [2.05, 4.69) is 14.9 Å². The maximum Gasteiger partial charge on any atom is 0.271 e. The van der Waals surface area contributed by atoms with Crippen molar-refractivity contribution in [3.05, 3.63) is 17.2 Å². The van der Waals surface area contributed by atoms with Gasteiger partial charge in [-0.25, -0.2) is 17.7 Å². The van der Waals surface area contributed by atoms with Crippen LogP contribution < -0.4 is 5.32 Å². The number of imidazole rings is 1. The smallest absolute Gasteiger partial charge is 0.271 e. The highest BCUT2D eigenvalue weighted by Gasteiger charge is 2.29. The van der Waals surface area contributed by atoms with Crippen LogP contribution in [0.5, 0.6) is 0 Å². The van der Waals surface area contributed by atoms with Crippen molar-refractivity contribution in [2.45, 2.75) is 46.1 Å². The van der Waals surface area contributed by atoms with Crippen LogP contribution in [0.3, 0.4) is 0 Å². The topological polar surface area (TPSA) is 84.3 Å². The van der Waals surface area contributed by atoms with Crippen molar-refractivity contribution in [1.29, 1.82) is 0 Å². The third-order valence-electron chi connectivity index (χ3n) is 4.33. The lowest BCUT2D eigenvalue weighted by atomic mass is 10.1. The predicted molar refractivity (Wildman–Crippen MR) is 89.0 cm³/mol. The molecule has 8 heteroatoms. The van der Waals surface area contributed by atoms with Crippen molar-refractivity contribution >= 4 is 15.9 Å². The second-order valence-electron chi connectivity index (χ2n) is 6.11. The van der Waals surface area contributed by atoms with E-state index in [1.165, 1.54) is 10.6 Å². The van der Waals surface area contributed by atoms with Gasteiger partial charge in [0.2, 0.25) is 10.0 Å². The number of hydrogen-bond acceptors (Lipinski definition) is 4. The van der Waals surface area contributed by atoms with Crippen LogP contribution in [0.1, 0.15) is 54.2 Å². The molecule has 0 unspecified atom stereocenters. The van der Waals surface area contributed by atoms with Gasteiger partial charge in [0.1, 0.15) is 11.5 Å². The minimum atomic E-state index is -3.13. The number of nitrogens with zero attached hydrogens (tertiary/aromatic N) is 3. The summed E-state index contributed by atoms with van der Waals surface area (Å²) in [6.07, 6.45) is 3.61. The first-order valence-electron chi connectivity index (χ1n) is 8.04. The molecule has 0 radical (unpaired) electrons. The molecular weight excluding hydrogens is 316 g/mol. The Kier molecular flexibility index (Phi) is 5.46. The average Bonchev–Trinajstić information content (AvgIpc) is 2.79. The van der Waals surface area contributed by atoms with E-state index < -0.39 is 10.0 Å². The maximum absolute atomic E-state index is 12.2. The van der Waals surface area contributed by atoms with Gasteiger partial charge < -0.3 is 9.88 Å². The Labute approximate surface area is 138 Å². The molecule has 130 valence electrons. The van der Waals surface area contributed by atoms with Crippen molar-refractivity contribution in [1.82, 2.24) is 19.2 Å². The van der Waals surface area contributed by atoms with Gasteiger partial charge in [-0.1, -0.05) is 6.92 Å². The Morgan fingerprint density at radius 3 is 2.43 bits per heavy atom. The van der Waals surface area contributed by atoms with Crippen LogP contribution in [-0.2, 0) is 10.0 Å². The second kappa shape index (κ2) is 7.00. The van der Waals surface area contributed by atoms with Gasteiger partial charge in [-0.3, -0.25) is 4.79 Å². The lowest BCUT2D eigenvalue weighted by Gasteiger charge is -2.32. The minimum Gasteiger partial charge on any atom is -0.351 e. The van der Waals surface area contributed by atoms with E-state index in [0.29, 0.717) is 25.3 Å². The second-order valence-corrected chi connectivity index (χ2v) is 8.09. The predicted octanol–water partition coefficient (Wildman–Crippen LogP) is 1.24. The normalized spacial score (nSPS) is 17.4. The highest BCUT2D eigenvalue weighted by Crippen LogP contribution is 2.27. The molecule has 23 heavy (non-hydrogen) atoms. The molecule has 7 nitrogen and oxygen atoms in total. The molecule has 1 aliphatic heterocycles. The maximum atomic E-state index is 12.2. The minimum absolute atomic E-state index is 0.139. The SMILES string of the molecule is CCCNC(=O)c1nc(C)n(C2CCN(S(C)(=O)=O)CC2)c1C. The van der Waals surface area contributed by atoms with Crippen LogP contribution in [0.2, 0.25) is 0 Å². The summed E-state index contributed by atoms with van der Waals surface area (Å²) in [6.45, 7) is 7.47. The van der Waals surface area contributed by atoms with Crippen molar-refractivity contribution in [2.75, 3.05) is 25.9 Å². The van der Waals surface area contributed by atoms with Crippen LogP contribution in [0.4, 0.5) is 0 Å². The van der Waals surface area contributed by atoms with Crippen LogP contribution in [0, 0.1) is 13.8 Å². The Morgan fingerprint density at radius 2 is 1.91 bits per heavy atom. The molecule has 1 aromatic rings. The number of nitrogens with one attached hydrogen (secondary N) is 1. The van der Waals surface area contributed by atoms with Crippen LogP contribution in [-0.4, -0.2) is 54.1 Å². The largest absolute Gasteiger partial charge is 0.351 e. The summed E-state index contributed by atoms with van der Waals surface area (Å²) in [5.41, 5.74) is 1.33. The first-order chi connectivity index (χ1) is 10.8. The van der Waals surface area contributed by atoms with Gasteiger partial charge in [0.25, 0.3) is 5.91 Å². The van der Waals surface area contributed by atoms with Gasteiger partial charge in [0, 0.05) is 31.4 Å². The first kappa shape index (κ1) is 17.9. The molecule has 0 saturated carbocycles. The van der Waals surface area contributed by atoms with Crippen molar-refractivity contribution in [3.63, 3.8) is 0 Å². The summed E-state index contributed by atoms with van der Waals surface area (Å²) in [7, 11) is -3.13. The lowest BCUT2D eigenvalue weighted by molar-refractivity contribution is 0.0948. The van der Waals surface area contributed by atoms with Gasteiger partial charge in [-0.2, -0.15) is 0 Å². The fourth-order valence-corrected chi connectivity index (χ4v) is 4.03. The quantitative estimate of drug-likeness (QED) is 0.872. The summed E-state index contributed by atoms with van der Waals surface area (Å²) < 4.78 is 26.8. The standard InChI is InChI=1S/C15H26N4O3S/c1-5-8-16-15(20)14-11(2)19(12(3)17-14)13-6-9-18(10-7-13)23(4,21)22/h13H,5-10H2,1-4H3,(H,16,20). The van der Waals surface area contributed by atoms with Crippen molar-refractivity contribution in [3.8, 4) is 0 Å². The molecule has 1 aromatic heterocycles. The van der Waals surface area contributed by atoms with E-state index in [1.54, 1.807) is 0 Å². The molecular formula is C15H26N4O3S. The summed E-state index contributed by atoms with van der Waals surface area (Å²) in [5.74, 6) is 0.668. The molecule has 1 saturated heterocycles. The molecule has 1 N–H and O–H groups in total. The van der Waals surface area contributed by atoms with Crippen LogP contribution in [0.15, 0.2) is 0 Å². The van der Waals surface area contributed by atoms with E-state index in [1.807, 2.05) is 20.8 Å². The zero-order chi connectivity index (χ0) is 17.2. The molecule has 1 amide bonds. The van der Waals surface area contributed by atoms with Crippen LogP contribution in [0.25, 0.3) is 0 Å². The highest BCUT2D eigenvalue weighted by atomic mass is 32.2. The zero-order valence-electron chi connectivity index (χ0n) is 14.3. The molecule has 2 rings (SSSR count). The Hall–Kier alpha value is -1.41. The van der Waals surface area contributed by atoms with Crippen LogP contribution >= 0.6 is 0 Å². The monoisotopic (exact) mass is 342 g/mol. The van der Waals surface area contributed by atoms with Gasteiger partial charge in [0.15, 0.2) is 0 Å². The summed E-state index contributed by atoms with van der Waals surface area (Å²) >= 11 is 0. The van der Waals surface area contributed by atoms with E-state index in [-0.39, 0.29) is 11.9 Å². The number of amides is 1. The molecule has 0 bridgehead atoms. The molecule has 2 heterocycles. The highest BCUT2D eigenvalue weighted by molar-refractivity contribution is 7.88. The molecule has 0 aromatic carbocycles. The number of carbonyl (C=O) groups is 1. The number of sulfonamides is 1. The molecule has 0 atom stereocenters. The number of hydrogen-bond donors (Lipinski definition) is 1. The van der Waals surface area contributed by atoms with E-state index in [9.17, 15) is 13.2 Å². The van der Waals surface area contributed by atoms with Crippen molar-refractivity contribution < 1.29 is 13.2 Å². The third-order valence-corrected chi connectivity index (χ3v) is 5.64. The molecule has 0 spiro atoms.